The zero-order valence-corrected chi connectivity index (χ0v) is 12.9. The predicted octanol–water partition coefficient (Wildman–Crippen LogP) is 5.04. The molecule has 5 heteroatoms. The molecule has 0 heterocycles. The zero-order chi connectivity index (χ0) is 15.6. The van der Waals surface area contributed by atoms with Crippen molar-refractivity contribution in [2.75, 3.05) is 5.32 Å². The Bertz CT molecular complexity index is 666. The van der Waals surface area contributed by atoms with Crippen LogP contribution in [0.1, 0.15) is 29.7 Å². The van der Waals surface area contributed by atoms with Crippen LogP contribution in [0.2, 0.25) is 5.02 Å². The third-order valence-electron chi connectivity index (χ3n) is 3.27. The number of benzene rings is 2. The summed E-state index contributed by atoms with van der Waals surface area (Å²) in [5.74, 6) is 0. The van der Waals surface area contributed by atoms with Crippen molar-refractivity contribution >= 4 is 23.0 Å². The number of aryl methyl sites for hydroxylation is 2. The van der Waals surface area contributed by atoms with E-state index in [9.17, 15) is 10.1 Å². The SMILES string of the molecule is Cc1cc(C)cc(C(C)Nc2ccc(Cl)c([N+](=O)[O-])c2)c1. The van der Waals surface area contributed by atoms with Gasteiger partial charge in [0.2, 0.25) is 0 Å². The Hall–Kier alpha value is -2.07. The molecule has 0 saturated carbocycles. The smallest absolute Gasteiger partial charge is 0.289 e. The fraction of sp³-hybridized carbons (Fsp3) is 0.250. The number of hydrogen-bond acceptors (Lipinski definition) is 3. The molecule has 0 bridgehead atoms. The molecule has 110 valence electrons. The molecule has 0 fully saturated rings. The lowest BCUT2D eigenvalue weighted by Crippen LogP contribution is -2.07. The van der Waals surface area contributed by atoms with Crippen LogP contribution in [0.5, 0.6) is 0 Å². The molecular formula is C16H17ClN2O2. The highest BCUT2D eigenvalue weighted by molar-refractivity contribution is 6.32. The predicted molar refractivity (Wildman–Crippen MR) is 86.1 cm³/mol. The molecule has 2 aromatic carbocycles. The second-order valence-electron chi connectivity index (χ2n) is 5.21. The molecule has 1 N–H and O–H groups in total. The van der Waals surface area contributed by atoms with Gasteiger partial charge in [-0.3, -0.25) is 10.1 Å². The van der Waals surface area contributed by atoms with Crippen molar-refractivity contribution in [1.82, 2.24) is 0 Å². The van der Waals surface area contributed by atoms with Crippen molar-refractivity contribution in [2.24, 2.45) is 0 Å². The van der Waals surface area contributed by atoms with E-state index in [1.807, 2.05) is 6.92 Å². The van der Waals surface area contributed by atoms with Crippen LogP contribution in [0.15, 0.2) is 36.4 Å². The molecule has 0 radical (unpaired) electrons. The van der Waals surface area contributed by atoms with Gasteiger partial charge in [-0.05, 0) is 38.5 Å². The average Bonchev–Trinajstić information content (AvgIpc) is 2.39. The van der Waals surface area contributed by atoms with Gasteiger partial charge in [0.25, 0.3) is 5.69 Å². The minimum Gasteiger partial charge on any atom is -0.378 e. The lowest BCUT2D eigenvalue weighted by Gasteiger charge is -2.17. The van der Waals surface area contributed by atoms with E-state index >= 15 is 0 Å². The van der Waals surface area contributed by atoms with E-state index in [1.54, 1.807) is 6.07 Å². The van der Waals surface area contributed by atoms with Gasteiger partial charge in [0, 0.05) is 17.8 Å². The lowest BCUT2D eigenvalue weighted by molar-refractivity contribution is -0.384. The Morgan fingerprint density at radius 3 is 2.33 bits per heavy atom. The fourth-order valence-corrected chi connectivity index (χ4v) is 2.52. The number of nitro groups is 1. The summed E-state index contributed by atoms with van der Waals surface area (Å²) in [5, 5.41) is 14.3. The van der Waals surface area contributed by atoms with Crippen LogP contribution < -0.4 is 5.32 Å². The maximum atomic E-state index is 10.9. The van der Waals surface area contributed by atoms with Crippen LogP contribution >= 0.6 is 11.6 Å². The first-order chi connectivity index (χ1) is 9.86. The van der Waals surface area contributed by atoms with Crippen LogP contribution in [-0.4, -0.2) is 4.92 Å². The Morgan fingerprint density at radius 1 is 1.14 bits per heavy atom. The number of anilines is 1. The minimum atomic E-state index is -0.477. The second kappa shape index (κ2) is 6.14. The normalized spacial score (nSPS) is 12.0. The highest BCUT2D eigenvalue weighted by atomic mass is 35.5. The van der Waals surface area contributed by atoms with Crippen molar-refractivity contribution < 1.29 is 4.92 Å². The van der Waals surface area contributed by atoms with Gasteiger partial charge in [0.15, 0.2) is 0 Å². The van der Waals surface area contributed by atoms with Crippen molar-refractivity contribution in [2.45, 2.75) is 26.8 Å². The Labute approximate surface area is 128 Å². The van der Waals surface area contributed by atoms with Crippen LogP contribution in [0, 0.1) is 24.0 Å². The van der Waals surface area contributed by atoms with Crippen LogP contribution in [0.4, 0.5) is 11.4 Å². The van der Waals surface area contributed by atoms with Gasteiger partial charge in [-0.15, -0.1) is 0 Å². The number of hydrogen-bond donors (Lipinski definition) is 1. The van der Waals surface area contributed by atoms with Crippen LogP contribution in [0.3, 0.4) is 0 Å². The summed E-state index contributed by atoms with van der Waals surface area (Å²) in [7, 11) is 0. The van der Waals surface area contributed by atoms with Crippen molar-refractivity contribution in [3.8, 4) is 0 Å². The summed E-state index contributed by atoms with van der Waals surface area (Å²) >= 11 is 5.82. The van der Waals surface area contributed by atoms with E-state index in [4.69, 9.17) is 11.6 Å². The van der Waals surface area contributed by atoms with Gasteiger partial charge in [0.05, 0.1) is 4.92 Å². The number of nitrogens with one attached hydrogen (secondary N) is 1. The molecule has 0 aliphatic rings. The molecule has 21 heavy (non-hydrogen) atoms. The largest absolute Gasteiger partial charge is 0.378 e. The first-order valence-electron chi connectivity index (χ1n) is 6.65. The third kappa shape index (κ3) is 3.73. The molecule has 1 unspecified atom stereocenters. The number of rotatable bonds is 4. The molecule has 0 saturated heterocycles. The monoisotopic (exact) mass is 304 g/mol. The fourth-order valence-electron chi connectivity index (χ4n) is 2.34. The minimum absolute atomic E-state index is 0.0457. The van der Waals surface area contributed by atoms with Gasteiger partial charge < -0.3 is 5.32 Å². The van der Waals surface area contributed by atoms with E-state index < -0.39 is 4.92 Å². The average molecular weight is 305 g/mol. The highest BCUT2D eigenvalue weighted by Gasteiger charge is 2.14. The first kappa shape index (κ1) is 15.3. The van der Waals surface area contributed by atoms with Gasteiger partial charge in [-0.1, -0.05) is 40.9 Å². The third-order valence-corrected chi connectivity index (χ3v) is 3.59. The second-order valence-corrected chi connectivity index (χ2v) is 5.62. The standard InChI is InChI=1S/C16H17ClN2O2/c1-10-6-11(2)8-13(7-10)12(3)18-14-4-5-15(17)16(9-14)19(20)21/h4-9,12,18H,1-3H3. The molecule has 0 aliphatic carbocycles. The van der Waals surface area contributed by atoms with E-state index in [-0.39, 0.29) is 16.8 Å². The Balaban J connectivity index is 2.25. The zero-order valence-electron chi connectivity index (χ0n) is 12.2. The number of nitrogens with zero attached hydrogens (tertiary/aromatic N) is 1. The van der Waals surface area contributed by atoms with Gasteiger partial charge >= 0.3 is 0 Å². The van der Waals surface area contributed by atoms with E-state index in [0.717, 1.165) is 5.56 Å². The van der Waals surface area contributed by atoms with Gasteiger partial charge in [0.1, 0.15) is 5.02 Å². The number of halogens is 1. The lowest BCUT2D eigenvalue weighted by atomic mass is 10.0. The summed E-state index contributed by atoms with van der Waals surface area (Å²) in [6.45, 7) is 6.13. The number of nitro benzene ring substituents is 1. The molecule has 2 aromatic rings. The van der Waals surface area contributed by atoms with Crippen molar-refractivity contribution in [1.29, 1.82) is 0 Å². The Morgan fingerprint density at radius 2 is 1.76 bits per heavy atom. The Kier molecular flexibility index (Phi) is 4.48. The molecule has 1 atom stereocenters. The molecule has 0 spiro atoms. The molecule has 0 aromatic heterocycles. The summed E-state index contributed by atoms with van der Waals surface area (Å²) in [4.78, 5) is 10.4. The van der Waals surface area contributed by atoms with E-state index in [1.165, 1.54) is 23.3 Å². The molecule has 0 aliphatic heterocycles. The van der Waals surface area contributed by atoms with Crippen molar-refractivity contribution in [3.05, 3.63) is 68.2 Å². The van der Waals surface area contributed by atoms with E-state index in [0.29, 0.717) is 5.69 Å². The molecule has 0 amide bonds. The van der Waals surface area contributed by atoms with Gasteiger partial charge in [-0.25, -0.2) is 0 Å². The topological polar surface area (TPSA) is 55.2 Å². The van der Waals surface area contributed by atoms with Crippen molar-refractivity contribution in [3.63, 3.8) is 0 Å². The first-order valence-corrected chi connectivity index (χ1v) is 7.03. The van der Waals surface area contributed by atoms with Crippen LogP contribution in [0.25, 0.3) is 0 Å². The summed E-state index contributed by atoms with van der Waals surface area (Å²) < 4.78 is 0. The maximum absolute atomic E-state index is 10.9. The highest BCUT2D eigenvalue weighted by Crippen LogP contribution is 2.29. The van der Waals surface area contributed by atoms with Crippen LogP contribution in [-0.2, 0) is 0 Å². The summed E-state index contributed by atoms with van der Waals surface area (Å²) in [5.41, 5.74) is 4.12. The van der Waals surface area contributed by atoms with Gasteiger partial charge in [-0.2, -0.15) is 0 Å². The molecule has 4 nitrogen and oxygen atoms in total. The summed E-state index contributed by atoms with van der Waals surface area (Å²) in [6, 6.07) is 11.1. The van der Waals surface area contributed by atoms with E-state index in [2.05, 4.69) is 37.4 Å². The molecular weight excluding hydrogens is 288 g/mol. The maximum Gasteiger partial charge on any atom is 0.289 e. The quantitative estimate of drug-likeness (QED) is 0.636. The summed E-state index contributed by atoms with van der Waals surface area (Å²) in [6.07, 6.45) is 0. The molecule has 2 rings (SSSR count).